The predicted molar refractivity (Wildman–Crippen MR) is 81.3 cm³/mol. The third kappa shape index (κ3) is 4.07. The summed E-state index contributed by atoms with van der Waals surface area (Å²) in [5, 5.41) is 9.01. The van der Waals surface area contributed by atoms with Crippen molar-refractivity contribution in [2.75, 3.05) is 13.1 Å². The Bertz CT molecular complexity index is 623. The number of hydrogen-bond donors (Lipinski definition) is 1. The van der Waals surface area contributed by atoms with Gasteiger partial charge in [0, 0.05) is 18.5 Å². The molecule has 132 valence electrons. The van der Waals surface area contributed by atoms with Crippen LogP contribution in [0.15, 0.2) is 24.3 Å². The summed E-state index contributed by atoms with van der Waals surface area (Å²) in [5.74, 6) is -1.63. The molecule has 24 heavy (non-hydrogen) atoms. The van der Waals surface area contributed by atoms with Gasteiger partial charge < -0.3 is 10.0 Å². The molecular formula is C17H20F3NO3. The van der Waals surface area contributed by atoms with Gasteiger partial charge in [-0.3, -0.25) is 9.59 Å². The molecule has 2 rings (SSSR count). The zero-order chi connectivity index (χ0) is 18.1. The summed E-state index contributed by atoms with van der Waals surface area (Å²) in [6, 6.07) is 4.77. The van der Waals surface area contributed by atoms with Gasteiger partial charge in [0.15, 0.2) is 0 Å². The molecule has 0 bridgehead atoms. The Balaban J connectivity index is 2.05. The molecule has 1 aromatic rings. The van der Waals surface area contributed by atoms with Crippen LogP contribution in [0.25, 0.3) is 0 Å². The number of benzene rings is 1. The lowest BCUT2D eigenvalue weighted by atomic mass is 9.84. The number of nitrogens with zero attached hydrogens (tertiary/aromatic N) is 1. The van der Waals surface area contributed by atoms with Crippen molar-refractivity contribution >= 4 is 11.9 Å². The van der Waals surface area contributed by atoms with Crippen LogP contribution < -0.4 is 0 Å². The van der Waals surface area contributed by atoms with Crippen LogP contribution in [0.2, 0.25) is 0 Å². The normalized spacial score (nSPS) is 18.7. The summed E-state index contributed by atoms with van der Waals surface area (Å²) >= 11 is 0. The van der Waals surface area contributed by atoms with Gasteiger partial charge in [0.25, 0.3) is 0 Å². The van der Waals surface area contributed by atoms with E-state index < -0.39 is 29.0 Å². The number of carboxylic acids is 1. The van der Waals surface area contributed by atoms with Crippen LogP contribution in [0.4, 0.5) is 13.2 Å². The Hall–Kier alpha value is -2.05. The van der Waals surface area contributed by atoms with Gasteiger partial charge in [0.2, 0.25) is 5.91 Å². The van der Waals surface area contributed by atoms with Crippen LogP contribution in [0.1, 0.15) is 31.4 Å². The number of carbonyl (C=O) groups is 2. The first-order valence-corrected chi connectivity index (χ1v) is 7.69. The first-order valence-electron chi connectivity index (χ1n) is 7.69. The zero-order valence-electron chi connectivity index (χ0n) is 13.6. The third-order valence-corrected chi connectivity index (χ3v) is 4.33. The molecule has 1 unspecified atom stereocenters. The molecular weight excluding hydrogens is 323 g/mol. The van der Waals surface area contributed by atoms with E-state index in [-0.39, 0.29) is 18.9 Å². The minimum absolute atomic E-state index is 0.175. The Morgan fingerprint density at radius 3 is 2.25 bits per heavy atom. The van der Waals surface area contributed by atoms with Gasteiger partial charge in [-0.1, -0.05) is 26.0 Å². The van der Waals surface area contributed by atoms with E-state index in [0.717, 1.165) is 12.1 Å². The highest BCUT2D eigenvalue weighted by Gasteiger charge is 2.38. The van der Waals surface area contributed by atoms with Crippen LogP contribution >= 0.6 is 0 Å². The number of rotatable bonds is 4. The highest BCUT2D eigenvalue weighted by Crippen LogP contribution is 2.31. The molecule has 0 aromatic heterocycles. The molecule has 0 saturated carbocycles. The molecule has 1 amide bonds. The summed E-state index contributed by atoms with van der Waals surface area (Å²) in [4.78, 5) is 25.1. The van der Waals surface area contributed by atoms with E-state index in [4.69, 9.17) is 5.11 Å². The number of halogens is 3. The summed E-state index contributed by atoms with van der Waals surface area (Å²) in [5.41, 5.74) is -0.901. The average molecular weight is 343 g/mol. The number of hydrogen-bond acceptors (Lipinski definition) is 2. The van der Waals surface area contributed by atoms with Gasteiger partial charge in [-0.25, -0.2) is 0 Å². The molecule has 1 N–H and O–H groups in total. The van der Waals surface area contributed by atoms with Crippen molar-refractivity contribution in [1.29, 1.82) is 0 Å². The number of aliphatic carboxylic acids is 1. The van der Waals surface area contributed by atoms with E-state index in [1.807, 2.05) is 0 Å². The zero-order valence-corrected chi connectivity index (χ0v) is 13.6. The van der Waals surface area contributed by atoms with Crippen molar-refractivity contribution in [2.24, 2.45) is 11.3 Å². The SMILES string of the molecule is CC(C)(Cc1ccc(C(F)(F)F)cc1)C(=O)N1CCC(C(=O)O)C1. The standard InChI is InChI=1S/C17H20F3NO3/c1-16(2,15(24)21-8-7-12(10-21)14(22)23)9-11-3-5-13(6-4-11)17(18,19)20/h3-6,12H,7-10H2,1-2H3,(H,22,23). The first-order chi connectivity index (χ1) is 11.0. The Labute approximate surface area is 138 Å². The molecule has 4 nitrogen and oxygen atoms in total. The van der Waals surface area contributed by atoms with E-state index in [1.54, 1.807) is 13.8 Å². The van der Waals surface area contributed by atoms with Crippen molar-refractivity contribution in [3.63, 3.8) is 0 Å². The van der Waals surface area contributed by atoms with Crippen LogP contribution in [0.5, 0.6) is 0 Å². The number of carbonyl (C=O) groups excluding carboxylic acids is 1. The smallest absolute Gasteiger partial charge is 0.416 e. The van der Waals surface area contributed by atoms with E-state index in [0.29, 0.717) is 18.5 Å². The molecule has 1 aromatic carbocycles. The third-order valence-electron chi connectivity index (χ3n) is 4.33. The number of alkyl halides is 3. The van der Waals surface area contributed by atoms with Gasteiger partial charge in [0.1, 0.15) is 0 Å². The van der Waals surface area contributed by atoms with Crippen LogP contribution in [-0.4, -0.2) is 35.0 Å². The average Bonchev–Trinajstić information content (AvgIpc) is 2.95. The van der Waals surface area contributed by atoms with E-state index in [2.05, 4.69) is 0 Å². The second kappa shape index (κ2) is 6.45. The van der Waals surface area contributed by atoms with Crippen LogP contribution in [0.3, 0.4) is 0 Å². The maximum atomic E-state index is 12.6. The molecule has 0 radical (unpaired) electrons. The lowest BCUT2D eigenvalue weighted by molar-refractivity contribution is -0.143. The van der Waals surface area contributed by atoms with Gasteiger partial charge in [-0.15, -0.1) is 0 Å². The van der Waals surface area contributed by atoms with Crippen LogP contribution in [0, 0.1) is 11.3 Å². The number of carboxylic acid groups (broad SMARTS) is 1. The van der Waals surface area contributed by atoms with Gasteiger partial charge in [0.05, 0.1) is 11.5 Å². The van der Waals surface area contributed by atoms with Crippen molar-refractivity contribution in [1.82, 2.24) is 4.90 Å². The van der Waals surface area contributed by atoms with Gasteiger partial charge in [-0.2, -0.15) is 13.2 Å². The fourth-order valence-corrected chi connectivity index (χ4v) is 2.97. The van der Waals surface area contributed by atoms with E-state index in [9.17, 15) is 22.8 Å². The monoisotopic (exact) mass is 343 g/mol. The molecule has 1 atom stereocenters. The Morgan fingerprint density at radius 1 is 1.21 bits per heavy atom. The highest BCUT2D eigenvalue weighted by atomic mass is 19.4. The molecule has 0 aliphatic carbocycles. The molecule has 1 fully saturated rings. The lowest BCUT2D eigenvalue weighted by Crippen LogP contribution is -2.41. The first kappa shape index (κ1) is 18.3. The number of likely N-dealkylation sites (tertiary alicyclic amines) is 1. The summed E-state index contributed by atoms with van der Waals surface area (Å²) < 4.78 is 37.7. The molecule has 1 saturated heterocycles. The lowest BCUT2D eigenvalue weighted by Gasteiger charge is -2.29. The number of amides is 1. The summed E-state index contributed by atoms with van der Waals surface area (Å²) in [6.45, 7) is 4.03. The maximum absolute atomic E-state index is 12.6. The second-order valence-electron chi connectivity index (χ2n) is 6.83. The predicted octanol–water partition coefficient (Wildman–Crippen LogP) is 3.21. The highest BCUT2D eigenvalue weighted by molar-refractivity contribution is 5.83. The van der Waals surface area contributed by atoms with Crippen molar-refractivity contribution < 1.29 is 27.9 Å². The molecule has 7 heteroatoms. The quantitative estimate of drug-likeness (QED) is 0.913. The fourth-order valence-electron chi connectivity index (χ4n) is 2.97. The Morgan fingerprint density at radius 2 is 1.79 bits per heavy atom. The van der Waals surface area contributed by atoms with Crippen molar-refractivity contribution in [3.05, 3.63) is 35.4 Å². The topological polar surface area (TPSA) is 57.6 Å². The van der Waals surface area contributed by atoms with Gasteiger partial charge >= 0.3 is 12.1 Å². The van der Waals surface area contributed by atoms with Gasteiger partial charge in [-0.05, 0) is 30.5 Å². The summed E-state index contributed by atoms with van der Waals surface area (Å²) in [7, 11) is 0. The minimum Gasteiger partial charge on any atom is -0.481 e. The fraction of sp³-hybridized carbons (Fsp3) is 0.529. The second-order valence-corrected chi connectivity index (χ2v) is 6.83. The van der Waals surface area contributed by atoms with E-state index in [1.165, 1.54) is 17.0 Å². The minimum atomic E-state index is -4.38. The molecule has 0 spiro atoms. The maximum Gasteiger partial charge on any atom is 0.416 e. The van der Waals surface area contributed by atoms with Crippen molar-refractivity contribution in [2.45, 2.75) is 32.9 Å². The Kier molecular flexibility index (Phi) is 4.92. The van der Waals surface area contributed by atoms with Crippen molar-refractivity contribution in [3.8, 4) is 0 Å². The largest absolute Gasteiger partial charge is 0.481 e. The molecule has 1 aliphatic heterocycles. The molecule has 1 aliphatic rings. The summed E-state index contributed by atoms with van der Waals surface area (Å²) in [6.07, 6.45) is -3.67. The molecule has 1 heterocycles. The van der Waals surface area contributed by atoms with E-state index >= 15 is 0 Å². The van der Waals surface area contributed by atoms with Crippen LogP contribution in [-0.2, 0) is 22.2 Å².